The average molecular weight is 327 g/mol. The molecule has 0 N–H and O–H groups in total. The van der Waals surface area contributed by atoms with E-state index in [1.54, 1.807) is 0 Å². The molecule has 0 radical (unpaired) electrons. The van der Waals surface area contributed by atoms with Crippen LogP contribution in [0.4, 0.5) is 0 Å². The van der Waals surface area contributed by atoms with Crippen LogP contribution in [0, 0.1) is 0 Å². The molecule has 0 aliphatic carbocycles. The maximum Gasteiger partial charge on any atom is 0.0157 e. The van der Waals surface area contributed by atoms with Gasteiger partial charge in [0.05, 0.1) is 0 Å². The highest BCUT2D eigenvalue weighted by molar-refractivity contribution is 7.99. The molecular weight excluding hydrogens is 296 g/mol. The number of hydrogen-bond donors (Lipinski definition) is 0. The van der Waals surface area contributed by atoms with Gasteiger partial charge in [-0.05, 0) is 60.8 Å². The first-order valence-corrected chi connectivity index (χ1v) is 9.92. The van der Waals surface area contributed by atoms with Crippen molar-refractivity contribution in [3.63, 3.8) is 0 Å². The van der Waals surface area contributed by atoms with Crippen LogP contribution in [0.1, 0.15) is 76.3 Å². The second-order valence-electron chi connectivity index (χ2n) is 6.20. The van der Waals surface area contributed by atoms with E-state index >= 15 is 0 Å². The second kappa shape index (κ2) is 9.17. The lowest BCUT2D eigenvalue weighted by Crippen LogP contribution is -2.00. The Morgan fingerprint density at radius 3 is 1.30 bits per heavy atom. The van der Waals surface area contributed by atoms with Crippen LogP contribution in [0.5, 0.6) is 0 Å². The molecule has 2 aromatic carbocycles. The highest BCUT2D eigenvalue weighted by Gasteiger charge is 2.16. The van der Waals surface area contributed by atoms with Crippen LogP contribution >= 0.6 is 11.8 Å². The first-order valence-electron chi connectivity index (χ1n) is 9.10. The SMILES string of the molecule is CCC(CC)c1ccccc1Sc1ccccc1C(CC)CC. The summed E-state index contributed by atoms with van der Waals surface area (Å²) in [5.41, 5.74) is 3.03. The summed E-state index contributed by atoms with van der Waals surface area (Å²) in [6.45, 7) is 9.20. The van der Waals surface area contributed by atoms with Gasteiger partial charge in [-0.15, -0.1) is 0 Å². The largest absolute Gasteiger partial charge is 0.0895 e. The van der Waals surface area contributed by atoms with Gasteiger partial charge in [0.15, 0.2) is 0 Å². The zero-order chi connectivity index (χ0) is 16.7. The monoisotopic (exact) mass is 326 g/mol. The van der Waals surface area contributed by atoms with Crippen molar-refractivity contribution in [2.75, 3.05) is 0 Å². The summed E-state index contributed by atoms with van der Waals surface area (Å²) in [5.74, 6) is 1.33. The van der Waals surface area contributed by atoms with Crippen molar-refractivity contribution < 1.29 is 0 Å². The maximum atomic E-state index is 2.32. The predicted molar refractivity (Wildman–Crippen MR) is 104 cm³/mol. The van der Waals surface area contributed by atoms with Gasteiger partial charge in [-0.2, -0.15) is 0 Å². The summed E-state index contributed by atoms with van der Waals surface area (Å²) in [6.07, 6.45) is 4.84. The Hall–Kier alpha value is -1.21. The lowest BCUT2D eigenvalue weighted by molar-refractivity contribution is 0.628. The third kappa shape index (κ3) is 4.41. The molecule has 0 aromatic heterocycles. The first-order chi connectivity index (χ1) is 11.2. The molecule has 0 nitrogen and oxygen atoms in total. The molecule has 124 valence electrons. The Kier molecular flexibility index (Phi) is 7.23. The normalized spacial score (nSPS) is 11.4. The lowest BCUT2D eigenvalue weighted by Gasteiger charge is -2.20. The molecule has 0 saturated carbocycles. The van der Waals surface area contributed by atoms with Gasteiger partial charge in [-0.25, -0.2) is 0 Å². The average Bonchev–Trinajstić information content (AvgIpc) is 2.60. The molecule has 23 heavy (non-hydrogen) atoms. The Labute approximate surface area is 146 Å². The van der Waals surface area contributed by atoms with Crippen molar-refractivity contribution >= 4 is 11.8 Å². The molecule has 0 atom stereocenters. The van der Waals surface area contributed by atoms with E-state index in [0.717, 1.165) is 0 Å². The number of rotatable bonds is 8. The molecule has 2 aromatic rings. The fraction of sp³-hybridized carbons (Fsp3) is 0.455. The summed E-state index contributed by atoms with van der Waals surface area (Å²) in [4.78, 5) is 2.86. The van der Waals surface area contributed by atoms with E-state index in [2.05, 4.69) is 76.2 Å². The van der Waals surface area contributed by atoms with Crippen molar-refractivity contribution in [3.05, 3.63) is 59.7 Å². The van der Waals surface area contributed by atoms with Crippen LogP contribution in [0.25, 0.3) is 0 Å². The van der Waals surface area contributed by atoms with Gasteiger partial charge < -0.3 is 0 Å². The Balaban J connectivity index is 2.37. The van der Waals surface area contributed by atoms with Crippen LogP contribution in [0.2, 0.25) is 0 Å². The predicted octanol–water partition coefficient (Wildman–Crippen LogP) is 7.65. The molecule has 0 saturated heterocycles. The maximum absolute atomic E-state index is 2.32. The first kappa shape index (κ1) is 18.1. The van der Waals surface area contributed by atoms with Crippen molar-refractivity contribution in [2.24, 2.45) is 0 Å². The smallest absolute Gasteiger partial charge is 0.0157 e. The summed E-state index contributed by atoms with van der Waals surface area (Å²) >= 11 is 1.96. The molecule has 0 amide bonds. The van der Waals surface area contributed by atoms with Crippen LogP contribution in [-0.4, -0.2) is 0 Å². The van der Waals surface area contributed by atoms with E-state index in [-0.39, 0.29) is 0 Å². The molecule has 2 rings (SSSR count). The van der Waals surface area contributed by atoms with Crippen LogP contribution in [0.3, 0.4) is 0 Å². The molecule has 0 aliphatic heterocycles. The Morgan fingerprint density at radius 1 is 0.609 bits per heavy atom. The van der Waals surface area contributed by atoms with Gasteiger partial charge in [0, 0.05) is 9.79 Å². The van der Waals surface area contributed by atoms with Gasteiger partial charge in [0.2, 0.25) is 0 Å². The zero-order valence-electron chi connectivity index (χ0n) is 15.0. The molecule has 0 fully saturated rings. The standard InChI is InChI=1S/C22H30S/c1-5-17(6-2)19-13-9-11-15-21(19)23-22-16-12-10-14-20(22)18(7-3)8-4/h9-18H,5-8H2,1-4H3. The van der Waals surface area contributed by atoms with E-state index in [4.69, 9.17) is 0 Å². The van der Waals surface area contributed by atoms with E-state index in [1.165, 1.54) is 46.6 Å². The molecule has 0 heterocycles. The van der Waals surface area contributed by atoms with E-state index < -0.39 is 0 Å². The quantitative estimate of drug-likeness (QED) is 0.480. The third-order valence-corrected chi connectivity index (χ3v) is 6.09. The van der Waals surface area contributed by atoms with Gasteiger partial charge >= 0.3 is 0 Å². The topological polar surface area (TPSA) is 0 Å². The van der Waals surface area contributed by atoms with Gasteiger partial charge in [-0.3, -0.25) is 0 Å². The summed E-state index contributed by atoms with van der Waals surface area (Å²) < 4.78 is 0. The fourth-order valence-corrected chi connectivity index (χ4v) is 4.63. The molecule has 0 spiro atoms. The van der Waals surface area contributed by atoms with Crippen molar-refractivity contribution in [1.82, 2.24) is 0 Å². The number of benzene rings is 2. The lowest BCUT2D eigenvalue weighted by atomic mass is 9.94. The Morgan fingerprint density at radius 2 is 0.957 bits per heavy atom. The van der Waals surface area contributed by atoms with Gasteiger partial charge in [0.1, 0.15) is 0 Å². The van der Waals surface area contributed by atoms with Crippen molar-refractivity contribution in [3.8, 4) is 0 Å². The minimum atomic E-state index is 0.666. The van der Waals surface area contributed by atoms with E-state index in [9.17, 15) is 0 Å². The van der Waals surface area contributed by atoms with Crippen LogP contribution < -0.4 is 0 Å². The van der Waals surface area contributed by atoms with Crippen molar-refractivity contribution in [2.45, 2.75) is 75.0 Å². The van der Waals surface area contributed by atoms with Crippen LogP contribution in [-0.2, 0) is 0 Å². The Bertz CT molecular complexity index is 541. The summed E-state index contributed by atoms with van der Waals surface area (Å²) in [5, 5.41) is 0. The van der Waals surface area contributed by atoms with Crippen LogP contribution in [0.15, 0.2) is 58.3 Å². The third-order valence-electron chi connectivity index (χ3n) is 4.91. The van der Waals surface area contributed by atoms with Gasteiger partial charge in [0.25, 0.3) is 0 Å². The van der Waals surface area contributed by atoms with Gasteiger partial charge in [-0.1, -0.05) is 75.9 Å². The highest BCUT2D eigenvalue weighted by atomic mass is 32.2. The van der Waals surface area contributed by atoms with E-state index in [1.807, 2.05) is 11.8 Å². The molecule has 0 bridgehead atoms. The highest BCUT2D eigenvalue weighted by Crippen LogP contribution is 2.40. The zero-order valence-corrected chi connectivity index (χ0v) is 15.8. The fourth-order valence-electron chi connectivity index (χ4n) is 3.40. The van der Waals surface area contributed by atoms with Crippen molar-refractivity contribution in [1.29, 1.82) is 0 Å². The summed E-state index contributed by atoms with van der Waals surface area (Å²) in [7, 11) is 0. The number of hydrogen-bond acceptors (Lipinski definition) is 1. The second-order valence-corrected chi connectivity index (χ2v) is 7.29. The minimum absolute atomic E-state index is 0.666. The molecule has 1 heteroatoms. The minimum Gasteiger partial charge on any atom is -0.0895 e. The molecule has 0 unspecified atom stereocenters. The van der Waals surface area contributed by atoms with E-state index in [0.29, 0.717) is 11.8 Å². The molecule has 0 aliphatic rings. The summed E-state index contributed by atoms with van der Waals surface area (Å²) in [6, 6.07) is 17.9. The molecular formula is C22H30S.